The van der Waals surface area contributed by atoms with Crippen LogP contribution in [-0.2, 0) is 20.8 Å². The third-order valence-corrected chi connectivity index (χ3v) is 8.83. The monoisotopic (exact) mass is 680 g/mol. The summed E-state index contributed by atoms with van der Waals surface area (Å²) in [6, 6.07) is 11.3. The minimum atomic E-state index is -0.887. The second-order valence-electron chi connectivity index (χ2n) is 15.0. The molecule has 3 amide bonds. The van der Waals surface area contributed by atoms with E-state index >= 15 is 0 Å². The molecule has 0 spiro atoms. The number of imidazole rings is 1. The predicted octanol–water partition coefficient (Wildman–Crippen LogP) is 7.29. The molecule has 4 aromatic rings. The summed E-state index contributed by atoms with van der Waals surface area (Å²) in [5, 5.41) is 3.08. The van der Waals surface area contributed by atoms with E-state index in [1.807, 2.05) is 84.9 Å². The second kappa shape index (κ2) is 12.9. The van der Waals surface area contributed by atoms with E-state index in [1.54, 1.807) is 11.1 Å². The maximum absolute atomic E-state index is 13.7. The number of carbonyl (C=O) groups excluding carboxylic acids is 3. The minimum Gasteiger partial charge on any atom is -0.444 e. The van der Waals surface area contributed by atoms with Crippen LogP contribution in [-0.4, -0.2) is 72.7 Å². The molecule has 1 saturated carbocycles. The van der Waals surface area contributed by atoms with E-state index in [2.05, 4.69) is 26.2 Å². The van der Waals surface area contributed by atoms with Gasteiger partial charge in [-0.25, -0.2) is 19.6 Å². The smallest absolute Gasteiger partial charge is 0.411 e. The molecular formula is C38H44N6O6. The number of H-pyrrole nitrogens is 1. The molecule has 2 aromatic heterocycles. The number of nitrogens with one attached hydrogen (secondary N) is 2. The van der Waals surface area contributed by atoms with Gasteiger partial charge in [0.1, 0.15) is 22.6 Å². The Balaban J connectivity index is 1.17. The zero-order valence-electron chi connectivity index (χ0n) is 29.7. The molecule has 262 valence electrons. The average Bonchev–Trinajstić information content (AvgIpc) is 3.35. The van der Waals surface area contributed by atoms with Crippen LogP contribution in [0.5, 0.6) is 0 Å². The van der Waals surface area contributed by atoms with Crippen molar-refractivity contribution in [3.63, 3.8) is 0 Å². The number of benzene rings is 2. The molecule has 2 atom stereocenters. The van der Waals surface area contributed by atoms with E-state index in [1.165, 1.54) is 4.90 Å². The molecule has 2 fully saturated rings. The number of oxazole rings is 1. The molecule has 50 heavy (non-hydrogen) atoms. The molecule has 0 bridgehead atoms. The zero-order chi connectivity index (χ0) is 36.0. The Kier molecular flexibility index (Phi) is 8.89. The Morgan fingerprint density at radius 3 is 2.54 bits per heavy atom. The molecule has 2 unspecified atom stereocenters. The van der Waals surface area contributed by atoms with Gasteiger partial charge < -0.3 is 24.2 Å². The van der Waals surface area contributed by atoms with Gasteiger partial charge in [-0.2, -0.15) is 0 Å². The third-order valence-electron chi connectivity index (χ3n) is 8.83. The Bertz CT molecular complexity index is 1990. The van der Waals surface area contributed by atoms with Crippen LogP contribution in [0.15, 0.2) is 47.0 Å². The molecule has 0 radical (unpaired) electrons. The lowest BCUT2D eigenvalue weighted by Crippen LogP contribution is -2.49. The van der Waals surface area contributed by atoms with Gasteiger partial charge >= 0.3 is 12.2 Å². The summed E-state index contributed by atoms with van der Waals surface area (Å²) >= 11 is 0. The van der Waals surface area contributed by atoms with Crippen molar-refractivity contribution in [2.45, 2.75) is 91.0 Å². The number of aromatic nitrogens is 3. The van der Waals surface area contributed by atoms with Crippen molar-refractivity contribution in [2.75, 3.05) is 18.4 Å². The van der Waals surface area contributed by atoms with Crippen molar-refractivity contribution in [1.82, 2.24) is 24.8 Å². The van der Waals surface area contributed by atoms with Gasteiger partial charge in [0.15, 0.2) is 5.76 Å². The molecule has 2 aromatic carbocycles. The van der Waals surface area contributed by atoms with E-state index in [4.69, 9.17) is 20.3 Å². The van der Waals surface area contributed by atoms with Crippen molar-refractivity contribution in [1.29, 1.82) is 0 Å². The van der Waals surface area contributed by atoms with Crippen molar-refractivity contribution < 1.29 is 28.3 Å². The Hall–Kier alpha value is -5.31. The van der Waals surface area contributed by atoms with Gasteiger partial charge in [-0.05, 0) is 103 Å². The molecule has 2 N–H and O–H groups in total. The van der Waals surface area contributed by atoms with Crippen molar-refractivity contribution >= 4 is 34.8 Å². The number of hydrogen-bond acceptors (Lipinski definition) is 8. The number of likely N-dealkylation sites (tertiary alicyclic amines) is 1. The molecule has 6 rings (SSSR count). The molecular weight excluding hydrogens is 636 g/mol. The number of fused-ring (bicyclic) bond motifs is 2. The Labute approximate surface area is 291 Å². The summed E-state index contributed by atoms with van der Waals surface area (Å²) in [4.78, 5) is 55.1. The van der Waals surface area contributed by atoms with Gasteiger partial charge in [-0.1, -0.05) is 6.07 Å². The zero-order valence-corrected chi connectivity index (χ0v) is 29.7. The van der Waals surface area contributed by atoms with Gasteiger partial charge in [0.2, 0.25) is 5.89 Å². The number of carbonyl (C=O) groups is 3. The lowest BCUT2D eigenvalue weighted by molar-refractivity contribution is -0.122. The van der Waals surface area contributed by atoms with Crippen molar-refractivity contribution in [3.05, 3.63) is 54.0 Å². The van der Waals surface area contributed by atoms with Crippen LogP contribution in [0.1, 0.15) is 72.2 Å². The highest BCUT2D eigenvalue weighted by Crippen LogP contribution is 2.56. The van der Waals surface area contributed by atoms with E-state index in [-0.39, 0.29) is 18.4 Å². The summed E-state index contributed by atoms with van der Waals surface area (Å²) < 4.78 is 17.4. The first-order valence-corrected chi connectivity index (χ1v) is 16.9. The number of nitrogens with zero attached hydrogens (tertiary/aromatic N) is 4. The number of hydrogen-bond donors (Lipinski definition) is 2. The van der Waals surface area contributed by atoms with Crippen molar-refractivity contribution in [2.24, 2.45) is 5.92 Å². The van der Waals surface area contributed by atoms with Gasteiger partial charge in [0.05, 0.1) is 23.8 Å². The number of ether oxygens (including phenoxy) is 2. The van der Waals surface area contributed by atoms with Crippen LogP contribution in [0.4, 0.5) is 15.3 Å². The maximum Gasteiger partial charge on any atom is 0.411 e. The summed E-state index contributed by atoms with van der Waals surface area (Å²) in [5.41, 5.74) is 2.28. The topological polar surface area (TPSA) is 143 Å². The SMILES string of the molecule is C#CCCN(Cc1nc2ccc(-c3cnc(-c4ccc(C)c(NC(=O)C56CC5CCN6C(=O)OC(C)(C)C)c4)o3)cc2[nH]1)C(=O)OC(C)(C)C. The van der Waals surface area contributed by atoms with Crippen LogP contribution in [0.2, 0.25) is 0 Å². The summed E-state index contributed by atoms with van der Waals surface area (Å²) in [6.45, 7) is 13.9. The fraction of sp³-hybridized carbons (Fsp3) is 0.447. The van der Waals surface area contributed by atoms with Gasteiger partial charge in [0, 0.05) is 36.3 Å². The lowest BCUT2D eigenvalue weighted by atomic mass is 10.1. The quantitative estimate of drug-likeness (QED) is 0.185. The molecule has 12 nitrogen and oxygen atoms in total. The number of aromatic amines is 1. The lowest BCUT2D eigenvalue weighted by Gasteiger charge is -2.30. The van der Waals surface area contributed by atoms with E-state index in [0.717, 1.165) is 28.6 Å². The summed E-state index contributed by atoms with van der Waals surface area (Å²) in [7, 11) is 0. The first kappa shape index (κ1) is 34.5. The Morgan fingerprint density at radius 1 is 1.10 bits per heavy atom. The molecule has 3 heterocycles. The van der Waals surface area contributed by atoms with E-state index in [0.29, 0.717) is 54.7 Å². The predicted molar refractivity (Wildman–Crippen MR) is 189 cm³/mol. The number of aryl methyl sites for hydroxylation is 1. The van der Waals surface area contributed by atoms with Crippen LogP contribution >= 0.6 is 0 Å². The molecule has 1 aliphatic carbocycles. The number of piperidine rings is 1. The van der Waals surface area contributed by atoms with Crippen LogP contribution in [0, 0.1) is 25.2 Å². The normalized spacial score (nSPS) is 18.4. The van der Waals surface area contributed by atoms with E-state index in [9.17, 15) is 14.4 Å². The molecule has 1 aliphatic heterocycles. The van der Waals surface area contributed by atoms with Gasteiger partial charge in [0.25, 0.3) is 5.91 Å². The number of rotatable bonds is 8. The largest absolute Gasteiger partial charge is 0.444 e. The summed E-state index contributed by atoms with van der Waals surface area (Å²) in [5.74, 6) is 4.02. The molecule has 2 aliphatic rings. The minimum absolute atomic E-state index is 0.119. The second-order valence-corrected chi connectivity index (χ2v) is 15.0. The number of terminal acetylenes is 1. The molecule has 1 saturated heterocycles. The van der Waals surface area contributed by atoms with Crippen LogP contribution in [0.25, 0.3) is 33.8 Å². The van der Waals surface area contributed by atoms with Crippen LogP contribution in [0.3, 0.4) is 0 Å². The first-order chi connectivity index (χ1) is 23.6. The van der Waals surface area contributed by atoms with Crippen molar-refractivity contribution in [3.8, 4) is 35.1 Å². The number of amides is 3. The molecule has 12 heteroatoms. The highest BCUT2D eigenvalue weighted by molar-refractivity contribution is 6.04. The standard InChI is InChI=1S/C38H44N6O6/c1-9-10-16-43(34(46)49-36(3,4)5)22-31-40-27-14-13-24(18-29(27)41-31)30-21-39-32(48-30)25-12-11-23(2)28(19-25)42-33(45)38-20-26(38)15-17-44(38)35(47)50-37(6,7)8/h1,11-14,18-19,21,26H,10,15-17,20,22H2,2-8H3,(H,40,41)(H,42,45). The third kappa shape index (κ3) is 7.18. The Morgan fingerprint density at radius 2 is 1.84 bits per heavy atom. The highest BCUT2D eigenvalue weighted by Gasteiger charge is 2.69. The fourth-order valence-corrected chi connectivity index (χ4v) is 6.34. The first-order valence-electron chi connectivity index (χ1n) is 16.9. The average molecular weight is 681 g/mol. The van der Waals surface area contributed by atoms with Gasteiger partial charge in [-0.3, -0.25) is 14.6 Å². The maximum atomic E-state index is 13.7. The van der Waals surface area contributed by atoms with Gasteiger partial charge in [-0.15, -0.1) is 12.3 Å². The highest BCUT2D eigenvalue weighted by atomic mass is 16.6. The summed E-state index contributed by atoms with van der Waals surface area (Å²) in [6.07, 6.45) is 7.98. The van der Waals surface area contributed by atoms with Crippen LogP contribution < -0.4 is 5.32 Å². The van der Waals surface area contributed by atoms with E-state index < -0.39 is 28.9 Å². The number of anilines is 1. The fourth-order valence-electron chi connectivity index (χ4n) is 6.34.